The molecule has 0 radical (unpaired) electrons. The highest BCUT2D eigenvalue weighted by Crippen LogP contribution is 2.29. The highest BCUT2D eigenvalue weighted by atomic mass is 16.6. The molecule has 0 spiro atoms. The zero-order valence-electron chi connectivity index (χ0n) is 12.1. The van der Waals surface area contributed by atoms with Gasteiger partial charge in [0.1, 0.15) is 0 Å². The molecule has 0 aliphatic carbocycles. The lowest BCUT2D eigenvalue weighted by atomic mass is 10.2. The number of esters is 1. The summed E-state index contributed by atoms with van der Waals surface area (Å²) in [6.45, 7) is 3.46. The Bertz CT molecular complexity index is 502. The van der Waals surface area contributed by atoms with E-state index in [0.717, 1.165) is 0 Å². The summed E-state index contributed by atoms with van der Waals surface area (Å²) in [5, 5.41) is 20.1. The van der Waals surface area contributed by atoms with Crippen molar-refractivity contribution in [1.29, 1.82) is 0 Å². The summed E-state index contributed by atoms with van der Waals surface area (Å²) in [5.74, 6) is -0.552. The van der Waals surface area contributed by atoms with Gasteiger partial charge in [-0.3, -0.25) is 10.1 Å². The second-order valence-electron chi connectivity index (χ2n) is 4.36. The number of nitro benzene ring substituents is 1. The summed E-state index contributed by atoms with van der Waals surface area (Å²) >= 11 is 0. The molecule has 1 rings (SSSR count). The van der Waals surface area contributed by atoms with Gasteiger partial charge in [-0.15, -0.1) is 0 Å². The highest BCUT2D eigenvalue weighted by molar-refractivity contribution is 5.75. The van der Waals surface area contributed by atoms with Crippen molar-refractivity contribution in [3.63, 3.8) is 0 Å². The van der Waals surface area contributed by atoms with Crippen LogP contribution in [0.3, 0.4) is 0 Å². The molecule has 1 atom stereocenters. The van der Waals surface area contributed by atoms with Crippen LogP contribution in [0.5, 0.6) is 5.75 Å². The Kier molecular flexibility index (Phi) is 6.61. The van der Waals surface area contributed by atoms with Gasteiger partial charge >= 0.3 is 11.7 Å². The van der Waals surface area contributed by atoms with Crippen LogP contribution in [-0.2, 0) is 16.1 Å². The molecule has 1 aromatic rings. The monoisotopic (exact) mass is 297 g/mol. The molecule has 0 heterocycles. The van der Waals surface area contributed by atoms with Crippen molar-refractivity contribution in [3.05, 3.63) is 33.9 Å². The van der Waals surface area contributed by atoms with E-state index >= 15 is 0 Å². The number of nitro groups is 1. The number of rotatable bonds is 8. The SMILES string of the molecule is CCCC(Oc1ccc(CO)cc1[N+](=O)[O-])C(=O)OCC. The predicted molar refractivity (Wildman–Crippen MR) is 75.0 cm³/mol. The molecule has 21 heavy (non-hydrogen) atoms. The first kappa shape index (κ1) is 16.9. The van der Waals surface area contributed by atoms with Crippen LogP contribution in [0.2, 0.25) is 0 Å². The smallest absolute Gasteiger partial charge is 0.347 e. The van der Waals surface area contributed by atoms with E-state index in [4.69, 9.17) is 14.6 Å². The Balaban J connectivity index is 3.02. The van der Waals surface area contributed by atoms with Gasteiger partial charge in [0.05, 0.1) is 18.1 Å². The average Bonchev–Trinajstić information content (AvgIpc) is 2.47. The molecule has 0 saturated heterocycles. The van der Waals surface area contributed by atoms with Gasteiger partial charge in [0, 0.05) is 6.07 Å². The topological polar surface area (TPSA) is 98.9 Å². The van der Waals surface area contributed by atoms with E-state index in [1.54, 1.807) is 6.92 Å². The average molecular weight is 297 g/mol. The van der Waals surface area contributed by atoms with E-state index in [2.05, 4.69) is 0 Å². The minimum Gasteiger partial charge on any atom is -0.472 e. The number of carbonyl (C=O) groups is 1. The van der Waals surface area contributed by atoms with Crippen LogP contribution in [0.4, 0.5) is 5.69 Å². The first-order valence-corrected chi connectivity index (χ1v) is 6.74. The fourth-order valence-corrected chi connectivity index (χ4v) is 1.78. The predicted octanol–water partition coefficient (Wildman–Crippen LogP) is 2.20. The number of ether oxygens (including phenoxy) is 2. The molecular formula is C14H19NO6. The Hall–Kier alpha value is -2.15. The second kappa shape index (κ2) is 8.21. The van der Waals surface area contributed by atoms with Crippen LogP contribution >= 0.6 is 0 Å². The van der Waals surface area contributed by atoms with Crippen molar-refractivity contribution in [3.8, 4) is 5.75 Å². The number of carbonyl (C=O) groups excluding carboxylic acids is 1. The molecule has 1 unspecified atom stereocenters. The fourth-order valence-electron chi connectivity index (χ4n) is 1.78. The van der Waals surface area contributed by atoms with Gasteiger partial charge in [-0.25, -0.2) is 4.79 Å². The van der Waals surface area contributed by atoms with E-state index in [-0.39, 0.29) is 24.7 Å². The van der Waals surface area contributed by atoms with Gasteiger partial charge in [0.25, 0.3) is 0 Å². The third kappa shape index (κ3) is 4.71. The molecule has 0 aromatic heterocycles. The van der Waals surface area contributed by atoms with Crippen LogP contribution < -0.4 is 4.74 Å². The van der Waals surface area contributed by atoms with Crippen LogP contribution in [-0.4, -0.2) is 28.7 Å². The number of aliphatic hydroxyl groups is 1. The van der Waals surface area contributed by atoms with Gasteiger partial charge in [-0.1, -0.05) is 19.4 Å². The Morgan fingerprint density at radius 2 is 2.14 bits per heavy atom. The third-order valence-electron chi connectivity index (χ3n) is 2.77. The first-order chi connectivity index (χ1) is 10.0. The van der Waals surface area contributed by atoms with E-state index < -0.39 is 17.0 Å². The van der Waals surface area contributed by atoms with E-state index in [0.29, 0.717) is 18.4 Å². The Labute approximate surface area is 122 Å². The standard InChI is InChI=1S/C14H19NO6/c1-3-5-13(14(17)20-4-2)21-12-7-6-10(9-16)8-11(12)15(18)19/h6-8,13,16H,3-5,9H2,1-2H3. The van der Waals surface area contributed by atoms with Crippen molar-refractivity contribution in [2.45, 2.75) is 39.4 Å². The lowest BCUT2D eigenvalue weighted by molar-refractivity contribution is -0.386. The number of hydrogen-bond acceptors (Lipinski definition) is 6. The number of nitrogens with zero attached hydrogens (tertiary/aromatic N) is 1. The van der Waals surface area contributed by atoms with E-state index in [1.165, 1.54) is 18.2 Å². The van der Waals surface area contributed by atoms with Crippen LogP contribution in [0.15, 0.2) is 18.2 Å². The van der Waals surface area contributed by atoms with Crippen molar-refractivity contribution in [2.24, 2.45) is 0 Å². The lowest BCUT2D eigenvalue weighted by Crippen LogP contribution is -2.29. The molecule has 0 aliphatic heterocycles. The fraction of sp³-hybridized carbons (Fsp3) is 0.500. The molecule has 0 aliphatic rings. The van der Waals surface area contributed by atoms with Crippen LogP contribution in [0, 0.1) is 10.1 Å². The quantitative estimate of drug-likeness (QED) is 0.448. The maximum Gasteiger partial charge on any atom is 0.347 e. The summed E-state index contributed by atoms with van der Waals surface area (Å²) in [6.07, 6.45) is 0.192. The third-order valence-corrected chi connectivity index (χ3v) is 2.77. The van der Waals surface area contributed by atoms with Crippen molar-refractivity contribution in [2.75, 3.05) is 6.61 Å². The zero-order valence-corrected chi connectivity index (χ0v) is 12.1. The summed E-state index contributed by atoms with van der Waals surface area (Å²) in [7, 11) is 0. The van der Waals surface area contributed by atoms with Gasteiger partial charge in [0.15, 0.2) is 11.9 Å². The first-order valence-electron chi connectivity index (χ1n) is 6.74. The minimum absolute atomic E-state index is 0.0105. The van der Waals surface area contributed by atoms with Crippen LogP contribution in [0.25, 0.3) is 0 Å². The number of aliphatic hydroxyl groups excluding tert-OH is 1. The summed E-state index contributed by atoms with van der Waals surface area (Å²) in [6, 6.07) is 4.12. The maximum atomic E-state index is 11.8. The molecule has 0 amide bonds. The highest BCUT2D eigenvalue weighted by Gasteiger charge is 2.25. The molecule has 116 valence electrons. The molecule has 7 nitrogen and oxygen atoms in total. The summed E-state index contributed by atoms with van der Waals surface area (Å²) in [5.41, 5.74) is 0.115. The Morgan fingerprint density at radius 3 is 2.67 bits per heavy atom. The van der Waals surface area contributed by atoms with Crippen molar-refractivity contribution < 1.29 is 24.3 Å². The largest absolute Gasteiger partial charge is 0.472 e. The normalized spacial score (nSPS) is 11.8. The summed E-state index contributed by atoms with van der Waals surface area (Å²) in [4.78, 5) is 22.2. The van der Waals surface area contributed by atoms with Gasteiger partial charge in [0.2, 0.25) is 0 Å². The Morgan fingerprint density at radius 1 is 1.43 bits per heavy atom. The second-order valence-corrected chi connectivity index (χ2v) is 4.36. The maximum absolute atomic E-state index is 11.8. The molecular weight excluding hydrogens is 278 g/mol. The molecule has 0 bridgehead atoms. The van der Waals surface area contributed by atoms with Gasteiger partial charge < -0.3 is 14.6 Å². The molecule has 7 heteroatoms. The minimum atomic E-state index is -0.881. The van der Waals surface area contributed by atoms with E-state index in [9.17, 15) is 14.9 Å². The number of benzene rings is 1. The van der Waals surface area contributed by atoms with Crippen molar-refractivity contribution in [1.82, 2.24) is 0 Å². The van der Waals surface area contributed by atoms with E-state index in [1.807, 2.05) is 6.92 Å². The molecule has 0 fully saturated rings. The lowest BCUT2D eigenvalue weighted by Gasteiger charge is -2.17. The zero-order chi connectivity index (χ0) is 15.8. The van der Waals surface area contributed by atoms with Gasteiger partial charge in [-0.05, 0) is 25.0 Å². The van der Waals surface area contributed by atoms with Crippen LogP contribution in [0.1, 0.15) is 32.3 Å². The van der Waals surface area contributed by atoms with Crippen molar-refractivity contribution >= 4 is 11.7 Å². The summed E-state index contributed by atoms with van der Waals surface area (Å²) < 4.78 is 10.4. The molecule has 1 aromatic carbocycles. The molecule has 1 N–H and O–H groups in total. The molecule has 0 saturated carbocycles. The number of hydrogen-bond donors (Lipinski definition) is 1. The van der Waals surface area contributed by atoms with Gasteiger partial charge in [-0.2, -0.15) is 0 Å².